The number of morpholine rings is 1. The summed E-state index contributed by atoms with van der Waals surface area (Å²) in [5.74, 6) is -0.301. The topological polar surface area (TPSA) is 34.1 Å². The Morgan fingerprint density at radius 1 is 1.54 bits per heavy atom. The second-order valence-electron chi connectivity index (χ2n) is 3.02. The van der Waals surface area contributed by atoms with Gasteiger partial charge in [0.15, 0.2) is 0 Å². The molecule has 1 atom stereocenters. The number of nitrogens with one attached hydrogen (secondary N) is 1. The summed E-state index contributed by atoms with van der Waals surface area (Å²) < 4.78 is 18.1. The predicted octanol–water partition coefficient (Wildman–Crippen LogP) is 0.882. The third-order valence-electron chi connectivity index (χ3n) is 2.05. The zero-order valence-corrected chi connectivity index (χ0v) is 7.16. The molecule has 13 heavy (non-hydrogen) atoms. The highest BCUT2D eigenvalue weighted by atomic mass is 19.1. The highest BCUT2D eigenvalue weighted by Gasteiger charge is 2.15. The summed E-state index contributed by atoms with van der Waals surface area (Å²) in [4.78, 5) is 3.79. The predicted molar refractivity (Wildman–Crippen MR) is 45.8 cm³/mol. The van der Waals surface area contributed by atoms with Crippen molar-refractivity contribution < 1.29 is 9.13 Å². The van der Waals surface area contributed by atoms with Crippen LogP contribution in [0.3, 0.4) is 0 Å². The third-order valence-corrected chi connectivity index (χ3v) is 2.05. The first-order chi connectivity index (χ1) is 6.36. The van der Waals surface area contributed by atoms with Gasteiger partial charge in [0.2, 0.25) is 0 Å². The van der Waals surface area contributed by atoms with E-state index in [1.807, 2.05) is 0 Å². The first-order valence-electron chi connectivity index (χ1n) is 4.28. The first kappa shape index (κ1) is 8.59. The van der Waals surface area contributed by atoms with E-state index < -0.39 is 0 Å². The van der Waals surface area contributed by atoms with Crippen LogP contribution in [0, 0.1) is 5.82 Å². The first-order valence-corrected chi connectivity index (χ1v) is 4.28. The average molecular weight is 182 g/mol. The van der Waals surface area contributed by atoms with Gasteiger partial charge in [-0.25, -0.2) is 4.39 Å². The summed E-state index contributed by atoms with van der Waals surface area (Å²) in [5, 5.41) is 3.23. The molecule has 1 aliphatic rings. The van der Waals surface area contributed by atoms with Crippen molar-refractivity contribution in [3.63, 3.8) is 0 Å². The molecule has 1 saturated heterocycles. The van der Waals surface area contributed by atoms with Crippen molar-refractivity contribution in [2.45, 2.75) is 6.04 Å². The Morgan fingerprint density at radius 3 is 3.15 bits per heavy atom. The Labute approximate surface area is 75.9 Å². The maximum Gasteiger partial charge on any atom is 0.141 e. The maximum atomic E-state index is 12.8. The Bertz CT molecular complexity index is 287. The van der Waals surface area contributed by atoms with Crippen molar-refractivity contribution in [2.75, 3.05) is 19.8 Å². The van der Waals surface area contributed by atoms with Gasteiger partial charge in [0, 0.05) is 12.7 Å². The smallest absolute Gasteiger partial charge is 0.141 e. The highest BCUT2D eigenvalue weighted by molar-refractivity contribution is 5.15. The Hall–Kier alpha value is -1.00. The summed E-state index contributed by atoms with van der Waals surface area (Å²) in [5.41, 5.74) is 0.847. The van der Waals surface area contributed by atoms with Crippen LogP contribution in [0.5, 0.6) is 0 Å². The molecule has 0 aliphatic carbocycles. The molecule has 1 unspecified atom stereocenters. The zero-order valence-electron chi connectivity index (χ0n) is 7.16. The SMILES string of the molecule is Fc1cncc(C2COCCN2)c1. The van der Waals surface area contributed by atoms with Crippen molar-refractivity contribution in [3.05, 3.63) is 29.8 Å². The van der Waals surface area contributed by atoms with E-state index >= 15 is 0 Å². The maximum absolute atomic E-state index is 12.8. The number of hydrogen-bond acceptors (Lipinski definition) is 3. The molecule has 1 aliphatic heterocycles. The quantitative estimate of drug-likeness (QED) is 0.700. The lowest BCUT2D eigenvalue weighted by Gasteiger charge is -2.23. The minimum Gasteiger partial charge on any atom is -0.378 e. The van der Waals surface area contributed by atoms with Crippen LogP contribution in [0.1, 0.15) is 11.6 Å². The third kappa shape index (κ3) is 2.02. The van der Waals surface area contributed by atoms with Gasteiger partial charge in [-0.2, -0.15) is 0 Å². The fourth-order valence-corrected chi connectivity index (χ4v) is 1.40. The van der Waals surface area contributed by atoms with Gasteiger partial charge in [-0.3, -0.25) is 4.98 Å². The van der Waals surface area contributed by atoms with Crippen molar-refractivity contribution >= 4 is 0 Å². The molecule has 0 aromatic carbocycles. The molecule has 3 nitrogen and oxygen atoms in total. The number of halogens is 1. The lowest BCUT2D eigenvalue weighted by Crippen LogP contribution is -2.34. The normalized spacial score (nSPS) is 23.0. The fraction of sp³-hybridized carbons (Fsp3) is 0.444. The molecule has 0 spiro atoms. The standard InChI is InChI=1S/C9H11FN2O/c10-8-3-7(4-11-5-8)9-6-13-2-1-12-9/h3-5,9,12H,1-2,6H2. The van der Waals surface area contributed by atoms with Gasteiger partial charge in [0.05, 0.1) is 25.5 Å². The Balaban J connectivity index is 2.14. The second kappa shape index (κ2) is 3.81. The van der Waals surface area contributed by atoms with E-state index in [1.54, 1.807) is 6.20 Å². The summed E-state index contributed by atoms with van der Waals surface area (Å²) >= 11 is 0. The van der Waals surface area contributed by atoms with E-state index in [1.165, 1.54) is 12.3 Å². The van der Waals surface area contributed by atoms with Crippen LogP contribution in [0.25, 0.3) is 0 Å². The number of ether oxygens (including phenoxy) is 1. The van der Waals surface area contributed by atoms with Gasteiger partial charge in [0.1, 0.15) is 5.82 Å². The van der Waals surface area contributed by atoms with Gasteiger partial charge in [0.25, 0.3) is 0 Å². The number of nitrogens with zero attached hydrogens (tertiary/aromatic N) is 1. The molecular weight excluding hydrogens is 171 g/mol. The molecule has 0 bridgehead atoms. The molecule has 0 saturated carbocycles. The zero-order chi connectivity index (χ0) is 9.10. The number of pyridine rings is 1. The second-order valence-corrected chi connectivity index (χ2v) is 3.02. The van der Waals surface area contributed by atoms with Crippen LogP contribution in [-0.2, 0) is 4.74 Å². The van der Waals surface area contributed by atoms with Crippen LogP contribution < -0.4 is 5.32 Å². The van der Waals surface area contributed by atoms with Gasteiger partial charge < -0.3 is 10.1 Å². The van der Waals surface area contributed by atoms with Gasteiger partial charge in [-0.1, -0.05) is 0 Å². The summed E-state index contributed by atoms with van der Waals surface area (Å²) in [7, 11) is 0. The number of aromatic nitrogens is 1. The van der Waals surface area contributed by atoms with Crippen LogP contribution >= 0.6 is 0 Å². The number of rotatable bonds is 1. The minimum absolute atomic E-state index is 0.0805. The van der Waals surface area contributed by atoms with Crippen molar-refractivity contribution in [2.24, 2.45) is 0 Å². The average Bonchev–Trinajstić information content (AvgIpc) is 2.19. The number of hydrogen-bond donors (Lipinski definition) is 1. The lowest BCUT2D eigenvalue weighted by molar-refractivity contribution is 0.0767. The summed E-state index contributed by atoms with van der Waals surface area (Å²) in [6.07, 6.45) is 2.86. The van der Waals surface area contributed by atoms with Crippen LogP contribution in [0.15, 0.2) is 18.5 Å². The van der Waals surface area contributed by atoms with Crippen LogP contribution in [-0.4, -0.2) is 24.7 Å². The van der Waals surface area contributed by atoms with E-state index in [0.717, 1.165) is 18.7 Å². The molecule has 70 valence electrons. The van der Waals surface area contributed by atoms with Crippen molar-refractivity contribution in [3.8, 4) is 0 Å². The van der Waals surface area contributed by atoms with Crippen LogP contribution in [0.2, 0.25) is 0 Å². The lowest BCUT2D eigenvalue weighted by atomic mass is 10.1. The Kier molecular flexibility index (Phi) is 2.52. The Morgan fingerprint density at radius 2 is 2.46 bits per heavy atom. The summed E-state index contributed by atoms with van der Waals surface area (Å²) in [6.45, 7) is 2.12. The van der Waals surface area contributed by atoms with E-state index in [2.05, 4.69) is 10.3 Å². The van der Waals surface area contributed by atoms with Gasteiger partial charge >= 0.3 is 0 Å². The molecule has 1 fully saturated rings. The molecule has 4 heteroatoms. The largest absolute Gasteiger partial charge is 0.378 e. The minimum atomic E-state index is -0.301. The molecule has 1 N–H and O–H groups in total. The van der Waals surface area contributed by atoms with E-state index in [4.69, 9.17) is 4.74 Å². The molecule has 2 heterocycles. The van der Waals surface area contributed by atoms with E-state index in [9.17, 15) is 4.39 Å². The monoisotopic (exact) mass is 182 g/mol. The molecule has 1 aromatic heterocycles. The van der Waals surface area contributed by atoms with E-state index in [0.29, 0.717) is 6.61 Å². The van der Waals surface area contributed by atoms with Crippen molar-refractivity contribution in [1.82, 2.24) is 10.3 Å². The summed E-state index contributed by atoms with van der Waals surface area (Å²) in [6, 6.07) is 1.57. The highest BCUT2D eigenvalue weighted by Crippen LogP contribution is 2.14. The van der Waals surface area contributed by atoms with Crippen molar-refractivity contribution in [1.29, 1.82) is 0 Å². The molecule has 0 amide bonds. The van der Waals surface area contributed by atoms with Gasteiger partial charge in [-0.05, 0) is 11.6 Å². The molecule has 2 rings (SSSR count). The fourth-order valence-electron chi connectivity index (χ4n) is 1.40. The van der Waals surface area contributed by atoms with Gasteiger partial charge in [-0.15, -0.1) is 0 Å². The van der Waals surface area contributed by atoms with E-state index in [-0.39, 0.29) is 11.9 Å². The molecular formula is C9H11FN2O. The molecule has 0 radical (unpaired) electrons. The molecule has 1 aromatic rings. The van der Waals surface area contributed by atoms with Crippen LogP contribution in [0.4, 0.5) is 4.39 Å².